The molecule has 30 heavy (non-hydrogen) atoms. The van der Waals surface area contributed by atoms with Crippen molar-refractivity contribution in [3.8, 4) is 6.07 Å². The second-order valence-electron chi connectivity index (χ2n) is 6.26. The molecule has 0 aliphatic carbocycles. The number of nitriles is 1. The molecule has 0 aromatic heterocycles. The van der Waals surface area contributed by atoms with Gasteiger partial charge in [-0.15, -0.1) is 0 Å². The maximum atomic E-state index is 13.2. The van der Waals surface area contributed by atoms with Crippen LogP contribution < -0.4 is 10.2 Å². The van der Waals surface area contributed by atoms with E-state index in [9.17, 15) is 25.0 Å². The van der Waals surface area contributed by atoms with Gasteiger partial charge in [-0.1, -0.05) is 39.8 Å². The van der Waals surface area contributed by atoms with Gasteiger partial charge in [0.25, 0.3) is 11.6 Å². The molecule has 0 bridgehead atoms. The van der Waals surface area contributed by atoms with E-state index in [0.29, 0.717) is 11.3 Å². The number of anilines is 1. The fraction of sp³-hybridized carbons (Fsp3) is 0.150. The Labute approximate surface area is 184 Å². The van der Waals surface area contributed by atoms with Crippen molar-refractivity contribution in [2.24, 2.45) is 0 Å². The zero-order chi connectivity index (χ0) is 21.8. The van der Waals surface area contributed by atoms with Gasteiger partial charge in [0.1, 0.15) is 16.7 Å². The number of carbonyl (C=O) groups is 2. The van der Waals surface area contributed by atoms with Crippen molar-refractivity contribution in [1.29, 1.82) is 5.26 Å². The number of non-ortho nitro benzene ring substituents is 1. The van der Waals surface area contributed by atoms with E-state index in [4.69, 9.17) is 0 Å². The highest BCUT2D eigenvalue weighted by atomic mass is 79.9. The first kappa shape index (κ1) is 21.5. The summed E-state index contributed by atoms with van der Waals surface area (Å²) in [5.74, 6) is -0.897. The Bertz CT molecular complexity index is 1090. The summed E-state index contributed by atoms with van der Waals surface area (Å²) in [5.41, 5.74) is 0.904. The number of nitrogens with one attached hydrogen (secondary N) is 1. The molecule has 1 saturated heterocycles. The molecule has 1 unspecified atom stereocenters. The highest BCUT2D eigenvalue weighted by Gasteiger charge is 2.40. The molecule has 2 aromatic rings. The van der Waals surface area contributed by atoms with Crippen LogP contribution >= 0.6 is 27.7 Å². The van der Waals surface area contributed by atoms with Gasteiger partial charge < -0.3 is 5.32 Å². The molecule has 1 heterocycles. The van der Waals surface area contributed by atoms with Crippen LogP contribution in [0.15, 0.2) is 63.6 Å². The lowest BCUT2D eigenvalue weighted by molar-refractivity contribution is -0.384. The number of amides is 2. The minimum absolute atomic E-state index is 0.0634. The van der Waals surface area contributed by atoms with E-state index in [1.54, 1.807) is 36.4 Å². The average Bonchev–Trinajstić information content (AvgIpc) is 3.05. The molecule has 0 saturated carbocycles. The number of rotatable bonds is 5. The Balaban J connectivity index is 2.03. The van der Waals surface area contributed by atoms with Gasteiger partial charge in [0.05, 0.1) is 10.2 Å². The topological polar surface area (TPSA) is 116 Å². The molecule has 8 nitrogen and oxygen atoms in total. The van der Waals surface area contributed by atoms with E-state index in [1.807, 2.05) is 6.07 Å². The van der Waals surface area contributed by atoms with Gasteiger partial charge in [-0.05, 0) is 36.2 Å². The summed E-state index contributed by atoms with van der Waals surface area (Å²) in [6.07, 6.45) is 0.216. The molecule has 1 N–H and O–H groups in total. The lowest BCUT2D eigenvalue weighted by Gasteiger charge is -2.18. The van der Waals surface area contributed by atoms with Crippen molar-refractivity contribution in [3.05, 3.63) is 79.3 Å². The molecule has 1 aliphatic rings. The summed E-state index contributed by atoms with van der Waals surface area (Å²) in [6.45, 7) is 0. The van der Waals surface area contributed by atoms with Gasteiger partial charge in [-0.2, -0.15) is 5.26 Å². The maximum absolute atomic E-state index is 13.2. The maximum Gasteiger partial charge on any atom is 0.269 e. The highest BCUT2D eigenvalue weighted by molar-refractivity contribution is 9.10. The number of hydrogen-bond acceptors (Lipinski definition) is 6. The molecule has 10 heteroatoms. The van der Waals surface area contributed by atoms with Crippen LogP contribution in [0.4, 0.5) is 11.4 Å². The summed E-state index contributed by atoms with van der Waals surface area (Å²) in [6, 6.07) is 14.9. The molecule has 1 fully saturated rings. The van der Waals surface area contributed by atoms with Crippen molar-refractivity contribution >= 4 is 50.9 Å². The third kappa shape index (κ3) is 4.37. The van der Waals surface area contributed by atoms with Gasteiger partial charge in [-0.3, -0.25) is 24.6 Å². The minimum atomic E-state index is -0.640. The number of likely N-dealkylation sites (N-methyl/N-ethyl adjacent to an activating group) is 1. The SMILES string of the molecule is CNC(=O)/C(C#N)=C1\SC(Cc2cccc([N+](=O)[O-])c2)C(=O)N1c1ccc(Br)cc1. The fourth-order valence-corrected chi connectivity index (χ4v) is 4.52. The number of carbonyl (C=O) groups excluding carboxylic acids is 2. The lowest BCUT2D eigenvalue weighted by Crippen LogP contribution is -2.31. The number of benzene rings is 2. The van der Waals surface area contributed by atoms with Gasteiger partial charge in [-0.25, -0.2) is 0 Å². The highest BCUT2D eigenvalue weighted by Crippen LogP contribution is 2.42. The first-order valence-corrected chi connectivity index (χ1v) is 10.4. The van der Waals surface area contributed by atoms with Crippen molar-refractivity contribution in [1.82, 2.24) is 5.32 Å². The molecule has 1 aliphatic heterocycles. The summed E-state index contributed by atoms with van der Waals surface area (Å²) < 4.78 is 0.816. The fourth-order valence-electron chi connectivity index (χ4n) is 2.95. The largest absolute Gasteiger partial charge is 0.354 e. The third-order valence-electron chi connectivity index (χ3n) is 4.36. The van der Waals surface area contributed by atoms with Crippen LogP contribution in [0.25, 0.3) is 0 Å². The quantitative estimate of drug-likeness (QED) is 0.299. The molecule has 2 amide bonds. The summed E-state index contributed by atoms with van der Waals surface area (Å²) in [7, 11) is 1.41. The van der Waals surface area contributed by atoms with Crippen LogP contribution in [0, 0.1) is 21.4 Å². The normalized spacial score (nSPS) is 17.4. The van der Waals surface area contributed by atoms with Gasteiger partial charge >= 0.3 is 0 Å². The number of hydrogen-bond donors (Lipinski definition) is 1. The molecule has 0 radical (unpaired) electrons. The molecule has 3 rings (SSSR count). The predicted molar refractivity (Wildman–Crippen MR) is 117 cm³/mol. The second kappa shape index (κ2) is 9.11. The first-order valence-electron chi connectivity index (χ1n) is 8.71. The van der Waals surface area contributed by atoms with Gasteiger partial charge in [0, 0.05) is 29.3 Å². The second-order valence-corrected chi connectivity index (χ2v) is 8.37. The Morgan fingerprint density at radius 1 is 1.33 bits per heavy atom. The predicted octanol–water partition coefficient (Wildman–Crippen LogP) is 3.53. The van der Waals surface area contributed by atoms with E-state index in [-0.39, 0.29) is 28.6 Å². The van der Waals surface area contributed by atoms with E-state index >= 15 is 0 Å². The molecule has 0 spiro atoms. The number of nitrogens with zero attached hydrogens (tertiary/aromatic N) is 3. The van der Waals surface area contributed by atoms with Crippen molar-refractivity contribution in [3.63, 3.8) is 0 Å². The number of nitro groups is 1. The van der Waals surface area contributed by atoms with Crippen LogP contribution in [-0.2, 0) is 16.0 Å². The van der Waals surface area contributed by atoms with E-state index < -0.39 is 16.1 Å². The number of nitro benzene ring substituents is 1. The smallest absolute Gasteiger partial charge is 0.269 e. The Hall–Kier alpha value is -3.16. The van der Waals surface area contributed by atoms with Gasteiger partial charge in [0.2, 0.25) is 5.91 Å². The third-order valence-corrected chi connectivity index (χ3v) is 6.15. The Morgan fingerprint density at radius 2 is 2.03 bits per heavy atom. The Kier molecular flexibility index (Phi) is 6.54. The van der Waals surface area contributed by atoms with Crippen LogP contribution in [0.3, 0.4) is 0 Å². The first-order chi connectivity index (χ1) is 14.3. The Morgan fingerprint density at radius 3 is 2.63 bits per heavy atom. The van der Waals surface area contributed by atoms with E-state index in [1.165, 1.54) is 24.1 Å². The van der Waals surface area contributed by atoms with E-state index in [0.717, 1.165) is 16.2 Å². The van der Waals surface area contributed by atoms with Crippen LogP contribution in [0.5, 0.6) is 0 Å². The van der Waals surface area contributed by atoms with Crippen molar-refractivity contribution < 1.29 is 14.5 Å². The van der Waals surface area contributed by atoms with Gasteiger partial charge in [0.15, 0.2) is 0 Å². The van der Waals surface area contributed by atoms with E-state index in [2.05, 4.69) is 21.2 Å². The van der Waals surface area contributed by atoms with Crippen molar-refractivity contribution in [2.75, 3.05) is 11.9 Å². The molecule has 2 aromatic carbocycles. The average molecular weight is 487 g/mol. The zero-order valence-electron chi connectivity index (χ0n) is 15.7. The van der Waals surface area contributed by atoms with Crippen molar-refractivity contribution in [2.45, 2.75) is 11.7 Å². The minimum Gasteiger partial charge on any atom is -0.354 e. The van der Waals surface area contributed by atoms with Crippen LogP contribution in [0.2, 0.25) is 0 Å². The molecule has 1 atom stereocenters. The summed E-state index contributed by atoms with van der Waals surface area (Å²) in [4.78, 5) is 37.4. The lowest BCUT2D eigenvalue weighted by atomic mass is 10.1. The summed E-state index contributed by atoms with van der Waals surface area (Å²) in [5, 5.41) is 22.6. The molecular formula is C20H15BrN4O4S. The number of halogens is 1. The standard InChI is InChI=1S/C20H15BrN4O4S/c1-23-18(26)16(11-22)20-24(14-7-5-13(21)6-8-14)19(27)17(30-20)10-12-3-2-4-15(9-12)25(28)29/h2-9,17H,10H2,1H3,(H,23,26)/b20-16-. The molecule has 152 valence electrons. The zero-order valence-corrected chi connectivity index (χ0v) is 18.1. The molecular weight excluding hydrogens is 472 g/mol. The van der Waals surface area contributed by atoms with Crippen LogP contribution in [0.1, 0.15) is 5.56 Å². The number of thioether (sulfide) groups is 1. The van der Waals surface area contributed by atoms with Crippen LogP contribution in [-0.4, -0.2) is 29.0 Å². The monoisotopic (exact) mass is 486 g/mol. The summed E-state index contributed by atoms with van der Waals surface area (Å²) >= 11 is 4.45.